The third kappa shape index (κ3) is 4.29. The van der Waals surface area contributed by atoms with Crippen LogP contribution >= 0.6 is 0 Å². The first-order valence-electron chi connectivity index (χ1n) is 8.38. The monoisotopic (exact) mass is 288 g/mol. The molecule has 116 valence electrons. The molecule has 0 bridgehead atoms. The number of nitrogens with zero attached hydrogens (tertiary/aromatic N) is 1. The van der Waals surface area contributed by atoms with Crippen molar-refractivity contribution < 1.29 is 4.74 Å². The highest BCUT2D eigenvalue weighted by atomic mass is 16.5. The second-order valence-corrected chi connectivity index (χ2v) is 6.57. The molecule has 3 nitrogen and oxygen atoms in total. The van der Waals surface area contributed by atoms with Gasteiger partial charge in [0.2, 0.25) is 0 Å². The Labute approximate surface area is 128 Å². The predicted octanol–water partition coefficient (Wildman–Crippen LogP) is 2.84. The number of hydrogen-bond acceptors (Lipinski definition) is 3. The molecule has 2 fully saturated rings. The van der Waals surface area contributed by atoms with E-state index < -0.39 is 0 Å². The lowest BCUT2D eigenvalue weighted by atomic mass is 10.0. The Kier molecular flexibility index (Phi) is 5.28. The summed E-state index contributed by atoms with van der Waals surface area (Å²) < 4.78 is 5.54. The molecule has 1 heterocycles. The second kappa shape index (κ2) is 7.39. The van der Waals surface area contributed by atoms with E-state index in [9.17, 15) is 0 Å². The van der Waals surface area contributed by atoms with Crippen LogP contribution in [-0.2, 0) is 4.74 Å². The quantitative estimate of drug-likeness (QED) is 0.796. The van der Waals surface area contributed by atoms with Crippen molar-refractivity contribution in [3.05, 3.63) is 35.9 Å². The normalized spacial score (nSPS) is 23.6. The van der Waals surface area contributed by atoms with E-state index in [0.29, 0.717) is 12.1 Å². The van der Waals surface area contributed by atoms with Crippen molar-refractivity contribution in [2.45, 2.75) is 37.8 Å². The molecule has 2 unspecified atom stereocenters. The van der Waals surface area contributed by atoms with Gasteiger partial charge < -0.3 is 10.1 Å². The minimum Gasteiger partial charge on any atom is -0.383 e. The molecule has 21 heavy (non-hydrogen) atoms. The summed E-state index contributed by atoms with van der Waals surface area (Å²) in [7, 11) is 1.82. The Bertz CT molecular complexity index is 412. The molecule has 2 aliphatic rings. The van der Waals surface area contributed by atoms with Gasteiger partial charge in [0.05, 0.1) is 12.6 Å². The lowest BCUT2D eigenvalue weighted by molar-refractivity contribution is 0.0806. The summed E-state index contributed by atoms with van der Waals surface area (Å²) in [5, 5.41) is 3.65. The molecule has 0 spiro atoms. The minimum atomic E-state index is 0.388. The first-order valence-corrected chi connectivity index (χ1v) is 8.38. The maximum absolute atomic E-state index is 5.54. The van der Waals surface area contributed by atoms with Gasteiger partial charge in [0.1, 0.15) is 0 Å². The van der Waals surface area contributed by atoms with Gasteiger partial charge in [0.25, 0.3) is 0 Å². The lowest BCUT2D eigenvalue weighted by Gasteiger charge is -2.34. The van der Waals surface area contributed by atoms with Crippen molar-refractivity contribution in [2.75, 3.05) is 33.4 Å². The Hall–Kier alpha value is -0.900. The molecule has 3 heteroatoms. The largest absolute Gasteiger partial charge is 0.383 e. The highest BCUT2D eigenvalue weighted by Crippen LogP contribution is 2.33. The fourth-order valence-corrected chi connectivity index (χ4v) is 3.40. The van der Waals surface area contributed by atoms with E-state index in [1.54, 1.807) is 0 Å². The fourth-order valence-electron chi connectivity index (χ4n) is 3.40. The molecular weight excluding hydrogens is 260 g/mol. The van der Waals surface area contributed by atoms with Gasteiger partial charge in [-0.25, -0.2) is 0 Å². The van der Waals surface area contributed by atoms with Crippen molar-refractivity contribution >= 4 is 0 Å². The number of methoxy groups -OCH3 is 1. The molecule has 0 radical (unpaired) electrons. The number of benzene rings is 1. The Balaban J connectivity index is 1.72. The van der Waals surface area contributed by atoms with E-state index in [-0.39, 0.29) is 0 Å². The SMILES string of the molecule is COCC(c1ccccc1)N(CC1CC1)CC1CCCN1. The fraction of sp³-hybridized carbons (Fsp3) is 0.667. The van der Waals surface area contributed by atoms with Gasteiger partial charge in [-0.15, -0.1) is 0 Å². The third-order valence-electron chi connectivity index (χ3n) is 4.76. The van der Waals surface area contributed by atoms with Crippen LogP contribution < -0.4 is 5.32 Å². The van der Waals surface area contributed by atoms with Crippen molar-refractivity contribution in [3.63, 3.8) is 0 Å². The summed E-state index contributed by atoms with van der Waals surface area (Å²) in [6.07, 6.45) is 5.45. The smallest absolute Gasteiger partial charge is 0.0659 e. The first-order chi connectivity index (χ1) is 10.4. The van der Waals surface area contributed by atoms with Crippen LogP contribution in [0.15, 0.2) is 30.3 Å². The average Bonchev–Trinajstić information content (AvgIpc) is 3.18. The molecule has 1 aliphatic heterocycles. The highest BCUT2D eigenvalue weighted by molar-refractivity contribution is 5.19. The highest BCUT2D eigenvalue weighted by Gasteiger charge is 2.31. The Morgan fingerprint density at radius 3 is 2.62 bits per heavy atom. The van der Waals surface area contributed by atoms with Gasteiger partial charge in [0.15, 0.2) is 0 Å². The van der Waals surface area contributed by atoms with Gasteiger partial charge in [-0.05, 0) is 43.7 Å². The zero-order chi connectivity index (χ0) is 14.5. The standard InChI is InChI=1S/C18H28N2O/c1-21-14-18(16-6-3-2-4-7-16)20(12-15-9-10-15)13-17-8-5-11-19-17/h2-4,6-7,15,17-19H,5,8-14H2,1H3. The molecule has 2 atom stereocenters. The number of nitrogens with one attached hydrogen (secondary N) is 1. The number of hydrogen-bond donors (Lipinski definition) is 1. The molecule has 1 aliphatic carbocycles. The van der Waals surface area contributed by atoms with Gasteiger partial charge in [-0.3, -0.25) is 4.90 Å². The second-order valence-electron chi connectivity index (χ2n) is 6.57. The van der Waals surface area contributed by atoms with Crippen LogP contribution in [0.5, 0.6) is 0 Å². The molecule has 0 aromatic heterocycles. The minimum absolute atomic E-state index is 0.388. The van der Waals surface area contributed by atoms with Crippen LogP contribution in [0.2, 0.25) is 0 Å². The zero-order valence-electron chi connectivity index (χ0n) is 13.1. The van der Waals surface area contributed by atoms with E-state index in [1.165, 1.54) is 44.3 Å². The van der Waals surface area contributed by atoms with Crippen LogP contribution in [0, 0.1) is 5.92 Å². The summed E-state index contributed by atoms with van der Waals surface area (Å²) in [5.41, 5.74) is 1.39. The summed E-state index contributed by atoms with van der Waals surface area (Å²) >= 11 is 0. The molecule has 1 aromatic carbocycles. The van der Waals surface area contributed by atoms with Gasteiger partial charge in [-0.2, -0.15) is 0 Å². The number of ether oxygens (including phenoxy) is 1. The van der Waals surface area contributed by atoms with Crippen LogP contribution in [0.25, 0.3) is 0 Å². The molecule has 1 N–H and O–H groups in total. The van der Waals surface area contributed by atoms with Gasteiger partial charge >= 0.3 is 0 Å². The average molecular weight is 288 g/mol. The maximum atomic E-state index is 5.54. The number of rotatable bonds is 8. The van der Waals surface area contributed by atoms with Gasteiger partial charge in [0, 0.05) is 26.2 Å². The van der Waals surface area contributed by atoms with Crippen LogP contribution in [0.4, 0.5) is 0 Å². The van der Waals surface area contributed by atoms with E-state index in [1.807, 2.05) is 7.11 Å². The summed E-state index contributed by atoms with van der Waals surface area (Å²) in [4.78, 5) is 2.67. The van der Waals surface area contributed by atoms with Gasteiger partial charge in [-0.1, -0.05) is 30.3 Å². The van der Waals surface area contributed by atoms with Crippen molar-refractivity contribution in [1.82, 2.24) is 10.2 Å². The van der Waals surface area contributed by atoms with Crippen molar-refractivity contribution in [2.24, 2.45) is 5.92 Å². The summed E-state index contributed by atoms with van der Waals surface area (Å²) in [5.74, 6) is 0.912. The first kappa shape index (κ1) is 15.0. The van der Waals surface area contributed by atoms with E-state index in [4.69, 9.17) is 4.74 Å². The summed E-state index contributed by atoms with van der Waals surface area (Å²) in [6, 6.07) is 11.9. The Morgan fingerprint density at radius 2 is 2.00 bits per heavy atom. The van der Waals surface area contributed by atoms with Crippen LogP contribution in [0.1, 0.15) is 37.3 Å². The molecule has 1 saturated carbocycles. The lowest BCUT2D eigenvalue weighted by Crippen LogP contribution is -2.42. The topological polar surface area (TPSA) is 24.5 Å². The van der Waals surface area contributed by atoms with Crippen LogP contribution in [-0.4, -0.2) is 44.3 Å². The maximum Gasteiger partial charge on any atom is 0.0659 e. The molecule has 0 amide bonds. The van der Waals surface area contributed by atoms with Crippen molar-refractivity contribution in [3.8, 4) is 0 Å². The van der Waals surface area contributed by atoms with E-state index in [0.717, 1.165) is 19.1 Å². The van der Waals surface area contributed by atoms with E-state index >= 15 is 0 Å². The van der Waals surface area contributed by atoms with Crippen LogP contribution in [0.3, 0.4) is 0 Å². The predicted molar refractivity (Wildman–Crippen MR) is 86.4 cm³/mol. The molecule has 1 aromatic rings. The van der Waals surface area contributed by atoms with E-state index in [2.05, 4.69) is 40.5 Å². The van der Waals surface area contributed by atoms with Crippen molar-refractivity contribution in [1.29, 1.82) is 0 Å². The zero-order valence-corrected chi connectivity index (χ0v) is 13.1. The molecule has 3 rings (SSSR count). The summed E-state index contributed by atoms with van der Waals surface area (Å²) in [6.45, 7) is 4.34. The third-order valence-corrected chi connectivity index (χ3v) is 4.76. The molecular formula is C18H28N2O. The Morgan fingerprint density at radius 1 is 1.19 bits per heavy atom. The molecule has 1 saturated heterocycles.